The maximum absolute atomic E-state index is 4.37. The number of benzene rings is 1. The van der Waals surface area contributed by atoms with Crippen LogP contribution >= 0.6 is 0 Å². The highest BCUT2D eigenvalue weighted by Gasteiger charge is 1.99. The van der Waals surface area contributed by atoms with Crippen molar-refractivity contribution in [3.05, 3.63) is 58.9 Å². The molecule has 0 aliphatic heterocycles. The van der Waals surface area contributed by atoms with Gasteiger partial charge in [-0.15, -0.1) is 0 Å². The number of aryl methyl sites for hydroxylation is 3. The first-order chi connectivity index (χ1) is 8.15. The Hall–Kier alpha value is -1.83. The summed E-state index contributed by atoms with van der Waals surface area (Å²) in [6.45, 7) is 7.04. The van der Waals surface area contributed by atoms with Crippen molar-refractivity contribution in [1.29, 1.82) is 0 Å². The summed E-state index contributed by atoms with van der Waals surface area (Å²) in [4.78, 5) is 4.37. The molecule has 2 aromatic rings. The van der Waals surface area contributed by atoms with E-state index in [1.54, 1.807) is 0 Å². The van der Waals surface area contributed by atoms with Gasteiger partial charge in [0.15, 0.2) is 0 Å². The Kier molecular flexibility index (Phi) is 3.43. The third kappa shape index (κ3) is 3.06. The van der Waals surface area contributed by atoms with Crippen molar-refractivity contribution in [2.75, 3.05) is 5.32 Å². The van der Waals surface area contributed by atoms with Gasteiger partial charge in [-0.05, 0) is 44.0 Å². The van der Waals surface area contributed by atoms with Crippen molar-refractivity contribution >= 4 is 5.69 Å². The minimum atomic E-state index is 0.857. The van der Waals surface area contributed by atoms with Crippen LogP contribution in [0.15, 0.2) is 36.4 Å². The van der Waals surface area contributed by atoms with E-state index in [1.807, 2.05) is 13.8 Å². The Bertz CT molecular complexity index is 498. The number of anilines is 1. The molecule has 2 rings (SSSR count). The average Bonchev–Trinajstić information content (AvgIpc) is 2.27. The maximum Gasteiger partial charge on any atom is 0.0403 e. The Labute approximate surface area is 103 Å². The second kappa shape index (κ2) is 5.00. The summed E-state index contributed by atoms with van der Waals surface area (Å²) in [5, 5.41) is 3.44. The molecule has 0 saturated carbocycles. The molecule has 17 heavy (non-hydrogen) atoms. The first-order valence-corrected chi connectivity index (χ1v) is 5.89. The van der Waals surface area contributed by atoms with Gasteiger partial charge in [0.05, 0.1) is 0 Å². The van der Waals surface area contributed by atoms with Crippen LogP contribution in [0.3, 0.4) is 0 Å². The fraction of sp³-hybridized carbons (Fsp3) is 0.267. The molecule has 0 bridgehead atoms. The molecule has 0 amide bonds. The second-order valence-corrected chi connectivity index (χ2v) is 4.42. The van der Waals surface area contributed by atoms with Crippen molar-refractivity contribution < 1.29 is 0 Å². The van der Waals surface area contributed by atoms with Gasteiger partial charge in [0.25, 0.3) is 0 Å². The number of rotatable bonds is 3. The van der Waals surface area contributed by atoms with Crippen LogP contribution in [0.25, 0.3) is 0 Å². The van der Waals surface area contributed by atoms with E-state index >= 15 is 0 Å². The minimum absolute atomic E-state index is 0.857. The zero-order chi connectivity index (χ0) is 12.3. The van der Waals surface area contributed by atoms with E-state index in [9.17, 15) is 0 Å². The Balaban J connectivity index is 2.10. The van der Waals surface area contributed by atoms with E-state index in [1.165, 1.54) is 11.1 Å². The summed E-state index contributed by atoms with van der Waals surface area (Å²) in [5.41, 5.74) is 5.90. The molecule has 0 aliphatic carbocycles. The van der Waals surface area contributed by atoms with Crippen molar-refractivity contribution in [2.45, 2.75) is 27.3 Å². The van der Waals surface area contributed by atoms with Crippen molar-refractivity contribution in [2.24, 2.45) is 0 Å². The lowest BCUT2D eigenvalue weighted by molar-refractivity contribution is 1.08. The minimum Gasteiger partial charge on any atom is -0.381 e. The van der Waals surface area contributed by atoms with Gasteiger partial charge in [-0.1, -0.05) is 24.3 Å². The molecule has 0 spiro atoms. The Morgan fingerprint density at radius 1 is 1.00 bits per heavy atom. The molecule has 1 heterocycles. The highest BCUT2D eigenvalue weighted by Crippen LogP contribution is 2.14. The maximum atomic E-state index is 4.37. The summed E-state index contributed by atoms with van der Waals surface area (Å²) in [6.07, 6.45) is 0. The predicted molar refractivity (Wildman–Crippen MR) is 72.2 cm³/mol. The van der Waals surface area contributed by atoms with Crippen LogP contribution in [-0.4, -0.2) is 4.98 Å². The molecule has 0 fully saturated rings. The van der Waals surface area contributed by atoms with E-state index in [0.717, 1.165) is 23.6 Å². The van der Waals surface area contributed by atoms with Gasteiger partial charge in [0, 0.05) is 23.6 Å². The standard InChI is InChI=1S/C15H18N2/c1-11-6-4-5-7-14(11)10-16-15-8-12(2)17-13(3)9-15/h4-9H,10H2,1-3H3,(H,16,17). The molecule has 2 nitrogen and oxygen atoms in total. The van der Waals surface area contributed by atoms with Crippen LogP contribution in [0.2, 0.25) is 0 Å². The first kappa shape index (κ1) is 11.6. The smallest absolute Gasteiger partial charge is 0.0403 e. The van der Waals surface area contributed by atoms with Crippen LogP contribution in [0.5, 0.6) is 0 Å². The summed E-state index contributed by atoms with van der Waals surface area (Å²) in [6, 6.07) is 12.6. The van der Waals surface area contributed by atoms with E-state index in [4.69, 9.17) is 0 Å². The monoisotopic (exact) mass is 226 g/mol. The summed E-state index contributed by atoms with van der Waals surface area (Å²) >= 11 is 0. The third-order valence-corrected chi connectivity index (χ3v) is 2.83. The van der Waals surface area contributed by atoms with E-state index in [2.05, 4.69) is 53.6 Å². The van der Waals surface area contributed by atoms with Gasteiger partial charge in [0.2, 0.25) is 0 Å². The first-order valence-electron chi connectivity index (χ1n) is 5.89. The number of nitrogens with zero attached hydrogens (tertiary/aromatic N) is 1. The van der Waals surface area contributed by atoms with Gasteiger partial charge < -0.3 is 5.32 Å². The van der Waals surface area contributed by atoms with Crippen LogP contribution < -0.4 is 5.32 Å². The van der Waals surface area contributed by atoms with Crippen LogP contribution in [0.4, 0.5) is 5.69 Å². The molecule has 0 atom stereocenters. The molecule has 0 unspecified atom stereocenters. The molecule has 1 aromatic heterocycles. The quantitative estimate of drug-likeness (QED) is 0.864. The van der Waals surface area contributed by atoms with Crippen LogP contribution in [-0.2, 0) is 6.54 Å². The van der Waals surface area contributed by atoms with Gasteiger partial charge >= 0.3 is 0 Å². The van der Waals surface area contributed by atoms with Gasteiger partial charge in [0.1, 0.15) is 0 Å². The highest BCUT2D eigenvalue weighted by atomic mass is 14.9. The molecule has 0 aliphatic rings. The number of pyridine rings is 1. The second-order valence-electron chi connectivity index (χ2n) is 4.42. The lowest BCUT2D eigenvalue weighted by Crippen LogP contribution is -2.02. The summed E-state index contributed by atoms with van der Waals surface area (Å²) < 4.78 is 0. The normalized spacial score (nSPS) is 10.3. The molecular weight excluding hydrogens is 208 g/mol. The molecular formula is C15H18N2. The zero-order valence-electron chi connectivity index (χ0n) is 10.6. The molecule has 88 valence electrons. The molecule has 1 N–H and O–H groups in total. The number of hydrogen-bond acceptors (Lipinski definition) is 2. The van der Waals surface area contributed by atoms with Gasteiger partial charge in [-0.3, -0.25) is 4.98 Å². The van der Waals surface area contributed by atoms with E-state index in [0.29, 0.717) is 0 Å². The predicted octanol–water partition coefficient (Wildman–Crippen LogP) is 3.62. The Morgan fingerprint density at radius 3 is 2.29 bits per heavy atom. The molecule has 0 radical (unpaired) electrons. The van der Waals surface area contributed by atoms with Gasteiger partial charge in [-0.2, -0.15) is 0 Å². The summed E-state index contributed by atoms with van der Waals surface area (Å²) in [7, 11) is 0. The number of hydrogen-bond donors (Lipinski definition) is 1. The molecule has 2 heteroatoms. The lowest BCUT2D eigenvalue weighted by atomic mass is 10.1. The van der Waals surface area contributed by atoms with Crippen LogP contribution in [0, 0.1) is 20.8 Å². The third-order valence-electron chi connectivity index (χ3n) is 2.83. The summed E-state index contributed by atoms with van der Waals surface area (Å²) in [5.74, 6) is 0. The number of nitrogens with one attached hydrogen (secondary N) is 1. The van der Waals surface area contributed by atoms with Gasteiger partial charge in [-0.25, -0.2) is 0 Å². The molecule has 1 aromatic carbocycles. The zero-order valence-corrected chi connectivity index (χ0v) is 10.6. The van der Waals surface area contributed by atoms with Crippen molar-refractivity contribution in [3.63, 3.8) is 0 Å². The fourth-order valence-electron chi connectivity index (χ4n) is 1.94. The average molecular weight is 226 g/mol. The largest absolute Gasteiger partial charge is 0.381 e. The SMILES string of the molecule is Cc1cc(NCc2ccccc2C)cc(C)n1. The molecule has 0 saturated heterocycles. The van der Waals surface area contributed by atoms with Crippen molar-refractivity contribution in [3.8, 4) is 0 Å². The van der Waals surface area contributed by atoms with E-state index in [-0.39, 0.29) is 0 Å². The highest BCUT2D eigenvalue weighted by molar-refractivity contribution is 5.46. The van der Waals surface area contributed by atoms with E-state index < -0.39 is 0 Å². The fourth-order valence-corrected chi connectivity index (χ4v) is 1.94. The number of aromatic nitrogens is 1. The Morgan fingerprint density at radius 2 is 1.65 bits per heavy atom. The van der Waals surface area contributed by atoms with Crippen molar-refractivity contribution in [1.82, 2.24) is 4.98 Å². The van der Waals surface area contributed by atoms with Crippen LogP contribution in [0.1, 0.15) is 22.5 Å². The lowest BCUT2D eigenvalue weighted by Gasteiger charge is -2.10. The topological polar surface area (TPSA) is 24.9 Å².